The Morgan fingerprint density at radius 2 is 1.95 bits per heavy atom. The molecule has 1 nitrogen and oxygen atoms in total. The molecule has 1 atom stereocenters. The van der Waals surface area contributed by atoms with Gasteiger partial charge in [-0.15, -0.1) is 11.3 Å². The van der Waals surface area contributed by atoms with Gasteiger partial charge in [-0.05, 0) is 62.7 Å². The summed E-state index contributed by atoms with van der Waals surface area (Å²) in [4.78, 5) is 0.865. The lowest BCUT2D eigenvalue weighted by atomic mass is 10.0. The van der Waals surface area contributed by atoms with Crippen LogP contribution in [0.4, 0.5) is 8.78 Å². The van der Waals surface area contributed by atoms with Crippen molar-refractivity contribution in [3.63, 3.8) is 0 Å². The van der Waals surface area contributed by atoms with E-state index in [4.69, 9.17) is 0 Å². The maximum atomic E-state index is 14.2. The van der Waals surface area contributed by atoms with Crippen LogP contribution in [0.2, 0.25) is 0 Å². The highest BCUT2D eigenvalue weighted by Crippen LogP contribution is 2.35. The van der Waals surface area contributed by atoms with Gasteiger partial charge < -0.3 is 5.32 Å². The molecule has 2 rings (SSSR count). The molecular weight excluding hydrogens is 400 g/mol. The second kappa shape index (κ2) is 6.43. The summed E-state index contributed by atoms with van der Waals surface area (Å²) < 4.78 is 29.4. The average molecular weight is 411 g/mol. The molecule has 2 aromatic rings. The lowest BCUT2D eigenvalue weighted by Gasteiger charge is -2.19. The molecule has 1 aromatic carbocycles. The number of rotatable bonds is 4. The van der Waals surface area contributed by atoms with Gasteiger partial charge in [0.1, 0.15) is 11.6 Å². The molecule has 6 heteroatoms. The summed E-state index contributed by atoms with van der Waals surface area (Å²) in [5, 5.41) is 3.13. The lowest BCUT2D eigenvalue weighted by Crippen LogP contribution is -2.23. The zero-order valence-electron chi connectivity index (χ0n) is 10.0. The van der Waals surface area contributed by atoms with Crippen molar-refractivity contribution < 1.29 is 8.78 Å². The van der Waals surface area contributed by atoms with Crippen LogP contribution in [-0.4, -0.2) is 6.54 Å². The van der Waals surface area contributed by atoms with Gasteiger partial charge in [0.15, 0.2) is 0 Å². The highest BCUT2D eigenvalue weighted by atomic mass is 79.9. The fourth-order valence-corrected chi connectivity index (χ4v) is 3.69. The highest BCUT2D eigenvalue weighted by molar-refractivity contribution is 9.11. The molecule has 0 aliphatic rings. The zero-order valence-corrected chi connectivity index (χ0v) is 14.0. The van der Waals surface area contributed by atoms with Gasteiger partial charge in [-0.1, -0.05) is 6.92 Å². The molecule has 0 aliphatic heterocycles. The Balaban J connectivity index is 2.53. The Kier molecular flexibility index (Phi) is 5.11. The molecule has 1 N–H and O–H groups in total. The van der Waals surface area contributed by atoms with Gasteiger partial charge >= 0.3 is 0 Å². The molecule has 0 aliphatic carbocycles. The van der Waals surface area contributed by atoms with Crippen molar-refractivity contribution in [1.29, 1.82) is 0 Å². The molecule has 0 radical (unpaired) electrons. The molecule has 1 aromatic heterocycles. The minimum atomic E-state index is -0.560. The van der Waals surface area contributed by atoms with Crippen molar-refractivity contribution in [2.45, 2.75) is 13.0 Å². The van der Waals surface area contributed by atoms with Crippen LogP contribution in [0.25, 0.3) is 0 Å². The van der Waals surface area contributed by atoms with Crippen LogP contribution in [0, 0.1) is 11.6 Å². The topological polar surface area (TPSA) is 12.0 Å². The van der Waals surface area contributed by atoms with Crippen molar-refractivity contribution in [3.8, 4) is 0 Å². The van der Waals surface area contributed by atoms with E-state index in [0.717, 1.165) is 8.66 Å². The summed E-state index contributed by atoms with van der Waals surface area (Å²) >= 11 is 7.93. The number of hydrogen-bond acceptors (Lipinski definition) is 2. The summed E-state index contributed by atoms with van der Waals surface area (Å²) in [5.74, 6) is -1.10. The fraction of sp³-hybridized carbons (Fsp3) is 0.231. The van der Waals surface area contributed by atoms with Crippen molar-refractivity contribution in [3.05, 3.63) is 54.6 Å². The van der Waals surface area contributed by atoms with E-state index in [1.807, 2.05) is 19.1 Å². The second-order valence-electron chi connectivity index (χ2n) is 3.89. The molecule has 0 saturated heterocycles. The average Bonchev–Trinajstić information content (AvgIpc) is 2.80. The predicted molar refractivity (Wildman–Crippen MR) is 81.6 cm³/mol. The van der Waals surface area contributed by atoms with E-state index in [2.05, 4.69) is 37.2 Å². The van der Waals surface area contributed by atoms with Crippen molar-refractivity contribution in [1.82, 2.24) is 5.32 Å². The minimum Gasteiger partial charge on any atom is -0.306 e. The molecule has 19 heavy (non-hydrogen) atoms. The molecule has 0 bridgehead atoms. The summed E-state index contributed by atoms with van der Waals surface area (Å²) in [6, 6.07) is 5.90. The molecule has 1 unspecified atom stereocenters. The van der Waals surface area contributed by atoms with E-state index in [1.165, 1.54) is 23.5 Å². The Labute approximate surface area is 131 Å². The van der Waals surface area contributed by atoms with Crippen molar-refractivity contribution in [2.75, 3.05) is 6.54 Å². The number of halogens is 4. The third-order valence-electron chi connectivity index (χ3n) is 2.65. The largest absolute Gasteiger partial charge is 0.306 e. The van der Waals surface area contributed by atoms with Crippen LogP contribution >= 0.6 is 43.2 Å². The van der Waals surface area contributed by atoms with Gasteiger partial charge in [-0.25, -0.2) is 8.78 Å². The highest BCUT2D eigenvalue weighted by Gasteiger charge is 2.24. The van der Waals surface area contributed by atoms with Crippen LogP contribution < -0.4 is 5.32 Å². The lowest BCUT2D eigenvalue weighted by molar-refractivity contribution is 0.510. The van der Waals surface area contributed by atoms with E-state index in [9.17, 15) is 8.78 Å². The molecular formula is C13H11Br2F2NS. The summed E-state index contributed by atoms with van der Waals surface area (Å²) in [5.41, 5.74) is 0.0468. The van der Waals surface area contributed by atoms with Gasteiger partial charge in [-0.2, -0.15) is 0 Å². The van der Waals surface area contributed by atoms with Crippen LogP contribution in [0.5, 0.6) is 0 Å². The molecule has 0 spiro atoms. The van der Waals surface area contributed by atoms with Gasteiger partial charge in [0.2, 0.25) is 0 Å². The fourth-order valence-electron chi connectivity index (χ4n) is 1.84. The number of thiophene rings is 1. The monoisotopic (exact) mass is 409 g/mol. The smallest absolute Gasteiger partial charge is 0.145 e. The van der Waals surface area contributed by atoms with Gasteiger partial charge in [0.05, 0.1) is 14.3 Å². The van der Waals surface area contributed by atoms with Crippen molar-refractivity contribution in [2.24, 2.45) is 0 Å². The maximum Gasteiger partial charge on any atom is 0.145 e. The van der Waals surface area contributed by atoms with Crippen LogP contribution in [-0.2, 0) is 0 Å². The van der Waals surface area contributed by atoms with Crippen molar-refractivity contribution >= 4 is 43.2 Å². The number of hydrogen-bond donors (Lipinski definition) is 1. The Morgan fingerprint density at radius 3 is 2.53 bits per heavy atom. The van der Waals surface area contributed by atoms with E-state index in [0.29, 0.717) is 6.54 Å². The number of nitrogens with one attached hydrogen (secondary N) is 1. The maximum absolute atomic E-state index is 14.2. The first-order valence-corrected chi connectivity index (χ1v) is 8.06. The van der Waals surface area contributed by atoms with Gasteiger partial charge in [-0.3, -0.25) is 0 Å². The molecule has 0 fully saturated rings. The van der Waals surface area contributed by atoms with Crippen LogP contribution in [0.3, 0.4) is 0 Å². The minimum absolute atomic E-state index is 0.0468. The van der Waals surface area contributed by atoms with E-state index < -0.39 is 17.7 Å². The van der Waals surface area contributed by atoms with Crippen LogP contribution in [0.15, 0.2) is 32.5 Å². The second-order valence-corrected chi connectivity index (χ2v) is 7.24. The Hall–Kier alpha value is -0.300. The van der Waals surface area contributed by atoms with E-state index in [1.54, 1.807) is 0 Å². The first-order chi connectivity index (χ1) is 9.04. The normalized spacial score (nSPS) is 12.7. The summed E-state index contributed by atoms with van der Waals surface area (Å²) in [6.07, 6.45) is 0. The zero-order chi connectivity index (χ0) is 14.0. The Morgan fingerprint density at radius 1 is 1.21 bits per heavy atom. The number of benzene rings is 1. The van der Waals surface area contributed by atoms with Crippen LogP contribution in [0.1, 0.15) is 23.4 Å². The quantitative estimate of drug-likeness (QED) is 0.678. The molecule has 102 valence electrons. The summed E-state index contributed by atoms with van der Waals surface area (Å²) in [6.45, 7) is 2.52. The van der Waals surface area contributed by atoms with E-state index >= 15 is 0 Å². The summed E-state index contributed by atoms with van der Waals surface area (Å²) in [7, 11) is 0. The predicted octanol–water partition coefficient (Wildman–Crippen LogP) is 5.25. The first-order valence-electron chi connectivity index (χ1n) is 5.66. The molecule has 1 heterocycles. The van der Waals surface area contributed by atoms with Gasteiger partial charge in [0, 0.05) is 10.4 Å². The van der Waals surface area contributed by atoms with E-state index in [-0.39, 0.29) is 10.0 Å². The third kappa shape index (κ3) is 3.24. The SMILES string of the molecule is CCNC(c1ccc(Br)s1)c1c(F)ccc(Br)c1F. The first kappa shape index (κ1) is 15.1. The standard InChI is InChI=1S/C13H11Br2F2NS/c1-2-18-13(9-5-6-10(15)19-9)11-8(16)4-3-7(14)12(11)17/h3-6,13,18H,2H2,1H3. The Bertz CT molecular complexity index is 586. The molecule has 0 saturated carbocycles. The third-order valence-corrected chi connectivity index (χ3v) is 4.96. The van der Waals surface area contributed by atoms with Gasteiger partial charge in [0.25, 0.3) is 0 Å². The molecule has 0 amide bonds.